The summed E-state index contributed by atoms with van der Waals surface area (Å²) < 4.78 is 18.4. The molecule has 110 valence electrons. The molecule has 7 heteroatoms. The van der Waals surface area contributed by atoms with Crippen LogP contribution in [-0.2, 0) is 13.2 Å². The molecular formula is C14H12ClFN2O3. The standard InChI is InChI=1S/C14H12ClFN2O3/c15-12-6-11(16)3-2-10(12)8-21-14-5-9(7-17)1-4-13(14)18(19)20/h1-6H,7-8,17H2. The van der Waals surface area contributed by atoms with Crippen molar-refractivity contribution in [1.29, 1.82) is 0 Å². The number of nitro benzene ring substituents is 1. The van der Waals surface area contributed by atoms with E-state index in [2.05, 4.69) is 0 Å². The van der Waals surface area contributed by atoms with E-state index in [1.165, 1.54) is 24.3 Å². The van der Waals surface area contributed by atoms with Crippen LogP contribution in [0.5, 0.6) is 5.75 Å². The zero-order chi connectivity index (χ0) is 15.4. The molecule has 21 heavy (non-hydrogen) atoms. The van der Waals surface area contributed by atoms with E-state index < -0.39 is 10.7 Å². The van der Waals surface area contributed by atoms with Gasteiger partial charge in [0.25, 0.3) is 0 Å². The third kappa shape index (κ3) is 3.68. The Balaban J connectivity index is 2.24. The molecule has 0 atom stereocenters. The number of rotatable bonds is 5. The molecule has 2 rings (SSSR count). The first-order chi connectivity index (χ1) is 10.0. The maximum atomic E-state index is 13.0. The predicted molar refractivity (Wildman–Crippen MR) is 76.7 cm³/mol. The van der Waals surface area contributed by atoms with Crippen LogP contribution in [0.3, 0.4) is 0 Å². The van der Waals surface area contributed by atoms with Crippen molar-refractivity contribution in [1.82, 2.24) is 0 Å². The van der Waals surface area contributed by atoms with E-state index in [1.807, 2.05) is 0 Å². The number of nitro groups is 1. The minimum Gasteiger partial charge on any atom is -0.482 e. The van der Waals surface area contributed by atoms with Crippen LogP contribution in [0.2, 0.25) is 5.02 Å². The summed E-state index contributed by atoms with van der Waals surface area (Å²) in [6.45, 7) is 0.236. The van der Waals surface area contributed by atoms with E-state index >= 15 is 0 Å². The first kappa shape index (κ1) is 15.2. The molecule has 0 bridgehead atoms. The maximum Gasteiger partial charge on any atom is 0.310 e. The van der Waals surface area contributed by atoms with Crippen LogP contribution < -0.4 is 10.5 Å². The molecule has 0 aliphatic rings. The fraction of sp³-hybridized carbons (Fsp3) is 0.143. The first-order valence-electron chi connectivity index (χ1n) is 6.05. The number of benzene rings is 2. The highest BCUT2D eigenvalue weighted by atomic mass is 35.5. The Morgan fingerprint density at radius 3 is 2.67 bits per heavy atom. The molecular weight excluding hydrogens is 299 g/mol. The second-order valence-corrected chi connectivity index (χ2v) is 4.69. The summed E-state index contributed by atoms with van der Waals surface area (Å²) >= 11 is 5.88. The van der Waals surface area contributed by atoms with E-state index in [9.17, 15) is 14.5 Å². The van der Waals surface area contributed by atoms with Gasteiger partial charge in [0.2, 0.25) is 0 Å². The Morgan fingerprint density at radius 2 is 2.05 bits per heavy atom. The number of hydrogen-bond acceptors (Lipinski definition) is 4. The minimum absolute atomic E-state index is 0.00597. The molecule has 0 saturated carbocycles. The van der Waals surface area contributed by atoms with Crippen molar-refractivity contribution in [2.45, 2.75) is 13.2 Å². The molecule has 0 aromatic heterocycles. The second kappa shape index (κ2) is 6.51. The summed E-state index contributed by atoms with van der Waals surface area (Å²) in [7, 11) is 0. The lowest BCUT2D eigenvalue weighted by Gasteiger charge is -2.09. The molecule has 0 radical (unpaired) electrons. The number of hydrogen-bond donors (Lipinski definition) is 1. The Hall–Kier alpha value is -2.18. The van der Waals surface area contributed by atoms with Gasteiger partial charge in [-0.15, -0.1) is 0 Å². The molecule has 2 N–H and O–H groups in total. The SMILES string of the molecule is NCc1ccc([N+](=O)[O-])c(OCc2ccc(F)cc2Cl)c1. The lowest BCUT2D eigenvalue weighted by Crippen LogP contribution is -2.02. The van der Waals surface area contributed by atoms with Crippen LogP contribution in [0.25, 0.3) is 0 Å². The number of nitrogens with two attached hydrogens (primary N) is 1. The average molecular weight is 311 g/mol. The quantitative estimate of drug-likeness (QED) is 0.678. The zero-order valence-corrected chi connectivity index (χ0v) is 11.6. The molecule has 5 nitrogen and oxygen atoms in total. The summed E-state index contributed by atoms with van der Waals surface area (Å²) in [5, 5.41) is 11.2. The van der Waals surface area contributed by atoms with Crippen molar-refractivity contribution in [2.24, 2.45) is 5.73 Å². The lowest BCUT2D eigenvalue weighted by molar-refractivity contribution is -0.386. The molecule has 0 unspecified atom stereocenters. The highest BCUT2D eigenvalue weighted by Crippen LogP contribution is 2.29. The zero-order valence-electron chi connectivity index (χ0n) is 10.9. The van der Waals surface area contributed by atoms with E-state index in [0.29, 0.717) is 11.1 Å². The first-order valence-corrected chi connectivity index (χ1v) is 6.43. The largest absolute Gasteiger partial charge is 0.482 e. The van der Waals surface area contributed by atoms with Gasteiger partial charge in [-0.2, -0.15) is 0 Å². The van der Waals surface area contributed by atoms with Crippen LogP contribution in [0.4, 0.5) is 10.1 Å². The maximum absolute atomic E-state index is 13.0. The summed E-state index contributed by atoms with van der Waals surface area (Å²) in [4.78, 5) is 10.4. The van der Waals surface area contributed by atoms with Crippen molar-refractivity contribution in [3.05, 3.63) is 68.5 Å². The van der Waals surface area contributed by atoms with Gasteiger partial charge in [0.15, 0.2) is 5.75 Å². The van der Waals surface area contributed by atoms with Crippen molar-refractivity contribution in [3.63, 3.8) is 0 Å². The van der Waals surface area contributed by atoms with Crippen molar-refractivity contribution in [2.75, 3.05) is 0 Å². The number of ether oxygens (including phenoxy) is 1. The third-order valence-electron chi connectivity index (χ3n) is 2.85. The third-order valence-corrected chi connectivity index (χ3v) is 3.21. The molecule has 0 heterocycles. The monoisotopic (exact) mass is 310 g/mol. The van der Waals surface area contributed by atoms with Gasteiger partial charge >= 0.3 is 5.69 Å². The van der Waals surface area contributed by atoms with Gasteiger partial charge in [0.05, 0.1) is 9.95 Å². The predicted octanol–water partition coefficient (Wildman–Crippen LogP) is 3.43. The normalized spacial score (nSPS) is 10.4. The Morgan fingerprint density at radius 1 is 1.29 bits per heavy atom. The highest BCUT2D eigenvalue weighted by Gasteiger charge is 2.16. The van der Waals surface area contributed by atoms with Crippen molar-refractivity contribution >= 4 is 17.3 Å². The molecule has 0 saturated heterocycles. The molecule has 2 aromatic carbocycles. The highest BCUT2D eigenvalue weighted by molar-refractivity contribution is 6.31. The second-order valence-electron chi connectivity index (χ2n) is 4.29. The summed E-state index contributed by atoms with van der Waals surface area (Å²) in [6, 6.07) is 8.28. The lowest BCUT2D eigenvalue weighted by atomic mass is 10.2. The van der Waals surface area contributed by atoms with Gasteiger partial charge in [0.1, 0.15) is 12.4 Å². The van der Waals surface area contributed by atoms with Gasteiger partial charge in [-0.05, 0) is 23.8 Å². The van der Waals surface area contributed by atoms with Gasteiger partial charge < -0.3 is 10.5 Å². The van der Waals surface area contributed by atoms with Gasteiger partial charge in [0, 0.05) is 18.2 Å². The topological polar surface area (TPSA) is 78.4 Å². The fourth-order valence-electron chi connectivity index (χ4n) is 1.75. The molecule has 2 aromatic rings. The van der Waals surface area contributed by atoms with Gasteiger partial charge in [-0.1, -0.05) is 23.7 Å². The number of halogens is 2. The molecule has 0 fully saturated rings. The van der Waals surface area contributed by atoms with Crippen molar-refractivity contribution in [3.8, 4) is 5.75 Å². The van der Waals surface area contributed by atoms with Gasteiger partial charge in [-0.3, -0.25) is 10.1 Å². The number of nitrogens with zero attached hydrogens (tertiary/aromatic N) is 1. The summed E-state index contributed by atoms with van der Waals surface area (Å²) in [5.41, 5.74) is 6.59. The molecule has 0 aliphatic heterocycles. The molecule has 0 aliphatic carbocycles. The summed E-state index contributed by atoms with van der Waals surface area (Å²) in [6.07, 6.45) is 0. The molecule has 0 spiro atoms. The van der Waals surface area contributed by atoms with Crippen LogP contribution in [0.15, 0.2) is 36.4 Å². The van der Waals surface area contributed by atoms with E-state index in [1.54, 1.807) is 6.07 Å². The fourth-order valence-corrected chi connectivity index (χ4v) is 1.97. The van der Waals surface area contributed by atoms with Gasteiger partial charge in [-0.25, -0.2) is 4.39 Å². The minimum atomic E-state index is -0.540. The summed E-state index contributed by atoms with van der Waals surface area (Å²) in [5.74, 6) is -0.358. The smallest absolute Gasteiger partial charge is 0.310 e. The van der Waals surface area contributed by atoms with E-state index in [4.69, 9.17) is 22.1 Å². The Labute approximate surface area is 125 Å². The van der Waals surface area contributed by atoms with Crippen LogP contribution in [-0.4, -0.2) is 4.92 Å². The molecule has 0 amide bonds. The van der Waals surface area contributed by atoms with E-state index in [-0.39, 0.29) is 29.6 Å². The van der Waals surface area contributed by atoms with E-state index in [0.717, 1.165) is 6.07 Å². The van der Waals surface area contributed by atoms with Crippen molar-refractivity contribution < 1.29 is 14.1 Å². The van der Waals surface area contributed by atoms with Crippen LogP contribution in [0.1, 0.15) is 11.1 Å². The Kier molecular flexibility index (Phi) is 4.72. The van der Waals surface area contributed by atoms with Crippen LogP contribution >= 0.6 is 11.6 Å². The Bertz CT molecular complexity index is 679. The van der Waals surface area contributed by atoms with Crippen LogP contribution in [0, 0.1) is 15.9 Å². The average Bonchev–Trinajstić information content (AvgIpc) is 2.45.